The van der Waals surface area contributed by atoms with Crippen LogP contribution in [0.2, 0.25) is 0 Å². The van der Waals surface area contributed by atoms with Crippen LogP contribution in [0.3, 0.4) is 0 Å². The lowest BCUT2D eigenvalue weighted by atomic mass is 10.1. The first-order valence-corrected chi connectivity index (χ1v) is 8.53. The van der Waals surface area contributed by atoms with Crippen LogP contribution in [-0.4, -0.2) is 23.3 Å². The Morgan fingerprint density at radius 2 is 2.00 bits per heavy atom. The van der Waals surface area contributed by atoms with Crippen LogP contribution < -0.4 is 11.1 Å². The van der Waals surface area contributed by atoms with Gasteiger partial charge < -0.3 is 16.0 Å². The topological polar surface area (TPSA) is 75.4 Å². The number of anilines is 1. The lowest BCUT2D eigenvalue weighted by Gasteiger charge is -2.16. The molecule has 1 aliphatic rings. The first-order valence-electron chi connectivity index (χ1n) is 8.53. The predicted molar refractivity (Wildman–Crippen MR) is 97.9 cm³/mol. The van der Waals surface area contributed by atoms with Crippen LogP contribution in [0.1, 0.15) is 39.9 Å². The van der Waals surface area contributed by atoms with Gasteiger partial charge in [-0.1, -0.05) is 30.3 Å². The highest BCUT2D eigenvalue weighted by Gasteiger charge is 2.20. The summed E-state index contributed by atoms with van der Waals surface area (Å²) in [6.07, 6.45) is 1.59. The van der Waals surface area contributed by atoms with E-state index < -0.39 is 0 Å². The minimum absolute atomic E-state index is 0.134. The SMILES string of the molecule is Cc1ccc(N)cc1C(=O)NCc1cccc(CN2CCCC2=O)c1. The van der Waals surface area contributed by atoms with Gasteiger partial charge in [-0.05, 0) is 42.2 Å². The molecule has 0 aromatic heterocycles. The maximum atomic E-state index is 12.4. The van der Waals surface area contributed by atoms with Gasteiger partial charge in [-0.25, -0.2) is 0 Å². The summed E-state index contributed by atoms with van der Waals surface area (Å²) in [6.45, 7) is 3.79. The number of carbonyl (C=O) groups is 2. The number of aryl methyl sites for hydroxylation is 1. The molecule has 5 heteroatoms. The zero-order chi connectivity index (χ0) is 17.8. The number of amides is 2. The van der Waals surface area contributed by atoms with Crippen molar-refractivity contribution in [1.29, 1.82) is 0 Å². The molecule has 3 rings (SSSR count). The van der Waals surface area contributed by atoms with E-state index in [1.165, 1.54) is 0 Å². The summed E-state index contributed by atoms with van der Waals surface area (Å²) in [5.74, 6) is 0.0840. The molecule has 0 radical (unpaired) electrons. The largest absolute Gasteiger partial charge is 0.399 e. The number of benzene rings is 2. The summed E-state index contributed by atoms with van der Waals surface area (Å²) < 4.78 is 0. The molecular weight excluding hydrogens is 314 g/mol. The molecule has 3 N–H and O–H groups in total. The van der Waals surface area contributed by atoms with Crippen molar-refractivity contribution in [3.63, 3.8) is 0 Å². The molecule has 0 aliphatic carbocycles. The van der Waals surface area contributed by atoms with E-state index in [1.807, 2.05) is 42.2 Å². The first kappa shape index (κ1) is 17.0. The fraction of sp³-hybridized carbons (Fsp3) is 0.300. The van der Waals surface area contributed by atoms with Gasteiger partial charge in [-0.2, -0.15) is 0 Å². The molecule has 1 saturated heterocycles. The Balaban J connectivity index is 1.63. The number of nitrogens with two attached hydrogens (primary N) is 1. The zero-order valence-corrected chi connectivity index (χ0v) is 14.4. The molecule has 2 aromatic rings. The number of nitrogens with one attached hydrogen (secondary N) is 1. The highest BCUT2D eigenvalue weighted by molar-refractivity contribution is 5.96. The van der Waals surface area contributed by atoms with Gasteiger partial charge in [0, 0.05) is 37.3 Å². The number of hydrogen-bond acceptors (Lipinski definition) is 3. The fourth-order valence-electron chi connectivity index (χ4n) is 3.09. The third kappa shape index (κ3) is 4.18. The van der Waals surface area contributed by atoms with Crippen molar-refractivity contribution in [2.24, 2.45) is 0 Å². The molecule has 1 heterocycles. The Hall–Kier alpha value is -2.82. The number of rotatable bonds is 5. The molecule has 1 fully saturated rings. The molecule has 0 unspecified atom stereocenters. The highest BCUT2D eigenvalue weighted by Crippen LogP contribution is 2.16. The number of nitrogen functional groups attached to an aromatic ring is 1. The van der Waals surface area contributed by atoms with E-state index in [1.54, 1.807) is 12.1 Å². The molecule has 0 spiro atoms. The van der Waals surface area contributed by atoms with Crippen molar-refractivity contribution in [3.05, 3.63) is 64.7 Å². The van der Waals surface area contributed by atoms with Crippen LogP contribution in [-0.2, 0) is 17.9 Å². The number of carbonyl (C=O) groups excluding carboxylic acids is 2. The smallest absolute Gasteiger partial charge is 0.251 e. The normalized spacial score (nSPS) is 14.0. The summed E-state index contributed by atoms with van der Waals surface area (Å²) in [5.41, 5.74) is 9.94. The van der Waals surface area contributed by atoms with Crippen molar-refractivity contribution in [1.82, 2.24) is 10.2 Å². The zero-order valence-electron chi connectivity index (χ0n) is 14.4. The Bertz CT molecular complexity index is 801. The van der Waals surface area contributed by atoms with Crippen LogP contribution in [0.5, 0.6) is 0 Å². The molecule has 2 amide bonds. The minimum Gasteiger partial charge on any atom is -0.399 e. The van der Waals surface area contributed by atoms with Crippen LogP contribution in [0, 0.1) is 6.92 Å². The lowest BCUT2D eigenvalue weighted by Crippen LogP contribution is -2.25. The Morgan fingerprint density at radius 3 is 2.76 bits per heavy atom. The summed E-state index contributed by atoms with van der Waals surface area (Å²) in [5, 5.41) is 2.94. The Labute approximate surface area is 147 Å². The number of hydrogen-bond donors (Lipinski definition) is 2. The van der Waals surface area contributed by atoms with Crippen LogP contribution in [0.15, 0.2) is 42.5 Å². The number of likely N-dealkylation sites (tertiary alicyclic amines) is 1. The van der Waals surface area contributed by atoms with Gasteiger partial charge in [0.25, 0.3) is 5.91 Å². The minimum atomic E-state index is -0.134. The molecule has 2 aromatic carbocycles. The van der Waals surface area contributed by atoms with E-state index in [0.29, 0.717) is 30.8 Å². The van der Waals surface area contributed by atoms with E-state index in [2.05, 4.69) is 5.32 Å². The lowest BCUT2D eigenvalue weighted by molar-refractivity contribution is -0.128. The first-order chi connectivity index (χ1) is 12.0. The summed E-state index contributed by atoms with van der Waals surface area (Å²) in [4.78, 5) is 26.0. The van der Waals surface area contributed by atoms with Gasteiger partial charge >= 0.3 is 0 Å². The fourth-order valence-corrected chi connectivity index (χ4v) is 3.09. The molecule has 130 valence electrons. The third-order valence-electron chi connectivity index (χ3n) is 4.50. The molecule has 0 saturated carbocycles. The van der Waals surface area contributed by atoms with Crippen molar-refractivity contribution >= 4 is 17.5 Å². The van der Waals surface area contributed by atoms with Gasteiger partial charge in [0.1, 0.15) is 0 Å². The summed E-state index contributed by atoms with van der Waals surface area (Å²) >= 11 is 0. The summed E-state index contributed by atoms with van der Waals surface area (Å²) in [6, 6.07) is 13.3. The maximum absolute atomic E-state index is 12.4. The van der Waals surface area contributed by atoms with E-state index in [0.717, 1.165) is 29.7 Å². The highest BCUT2D eigenvalue weighted by atomic mass is 16.2. The second-order valence-corrected chi connectivity index (χ2v) is 6.50. The van der Waals surface area contributed by atoms with Crippen LogP contribution in [0.25, 0.3) is 0 Å². The third-order valence-corrected chi connectivity index (χ3v) is 4.50. The predicted octanol–water partition coefficient (Wildman–Crippen LogP) is 2.63. The average molecular weight is 337 g/mol. The number of nitrogens with zero attached hydrogens (tertiary/aromatic N) is 1. The molecule has 5 nitrogen and oxygen atoms in total. The van der Waals surface area contributed by atoms with Gasteiger partial charge in [0.05, 0.1) is 0 Å². The van der Waals surface area contributed by atoms with Gasteiger partial charge in [-0.3, -0.25) is 9.59 Å². The van der Waals surface area contributed by atoms with Gasteiger partial charge in [-0.15, -0.1) is 0 Å². The van der Waals surface area contributed by atoms with E-state index in [9.17, 15) is 9.59 Å². The average Bonchev–Trinajstić information content (AvgIpc) is 3.00. The van der Waals surface area contributed by atoms with E-state index in [4.69, 9.17) is 5.73 Å². The summed E-state index contributed by atoms with van der Waals surface area (Å²) in [7, 11) is 0. The quantitative estimate of drug-likeness (QED) is 0.824. The maximum Gasteiger partial charge on any atom is 0.251 e. The van der Waals surface area contributed by atoms with Crippen LogP contribution in [0.4, 0.5) is 5.69 Å². The van der Waals surface area contributed by atoms with E-state index >= 15 is 0 Å². The van der Waals surface area contributed by atoms with Gasteiger partial charge in [0.2, 0.25) is 5.91 Å². The molecule has 0 bridgehead atoms. The molecule has 0 atom stereocenters. The molecule has 1 aliphatic heterocycles. The second kappa shape index (κ2) is 7.38. The Kier molecular flexibility index (Phi) is 5.03. The molecular formula is C20H23N3O2. The van der Waals surface area contributed by atoms with Crippen molar-refractivity contribution in [2.45, 2.75) is 32.9 Å². The Morgan fingerprint density at radius 1 is 1.20 bits per heavy atom. The standard InChI is InChI=1S/C20H23N3O2/c1-14-7-8-17(21)11-18(14)20(25)22-12-15-4-2-5-16(10-15)13-23-9-3-6-19(23)24/h2,4-5,7-8,10-11H,3,6,9,12-13,21H2,1H3,(H,22,25). The monoisotopic (exact) mass is 337 g/mol. The van der Waals surface area contributed by atoms with Crippen molar-refractivity contribution < 1.29 is 9.59 Å². The molecule has 25 heavy (non-hydrogen) atoms. The second-order valence-electron chi connectivity index (χ2n) is 6.50. The van der Waals surface area contributed by atoms with E-state index in [-0.39, 0.29) is 11.8 Å². The van der Waals surface area contributed by atoms with Crippen molar-refractivity contribution in [2.75, 3.05) is 12.3 Å². The van der Waals surface area contributed by atoms with Gasteiger partial charge in [0.15, 0.2) is 0 Å². The van der Waals surface area contributed by atoms with Crippen molar-refractivity contribution in [3.8, 4) is 0 Å². The van der Waals surface area contributed by atoms with Crippen LogP contribution >= 0.6 is 0 Å².